The third-order valence-electron chi connectivity index (χ3n) is 4.42. The maximum absolute atomic E-state index is 11.0. The van der Waals surface area contributed by atoms with E-state index in [2.05, 4.69) is 0 Å². The Morgan fingerprint density at radius 3 is 2.19 bits per heavy atom. The summed E-state index contributed by atoms with van der Waals surface area (Å²) in [6, 6.07) is 20.1. The van der Waals surface area contributed by atoms with Gasteiger partial charge in [-0.15, -0.1) is 0 Å². The lowest BCUT2D eigenvalue weighted by atomic mass is 10.1. The van der Waals surface area contributed by atoms with Crippen LogP contribution in [0.25, 0.3) is 22.6 Å². The van der Waals surface area contributed by atoms with E-state index in [1.165, 1.54) is 0 Å². The van der Waals surface area contributed by atoms with E-state index < -0.39 is 0 Å². The van der Waals surface area contributed by atoms with Crippen LogP contribution in [0.3, 0.4) is 0 Å². The third-order valence-corrected chi connectivity index (χ3v) is 4.42. The van der Waals surface area contributed by atoms with Gasteiger partial charge in [0.1, 0.15) is 5.69 Å². The van der Waals surface area contributed by atoms with E-state index >= 15 is 0 Å². The van der Waals surface area contributed by atoms with E-state index in [1.54, 1.807) is 5.48 Å². The molecular weight excluding hydrogens is 340 g/mol. The molecule has 0 aliphatic heterocycles. The normalized spacial score (nSPS) is 10.7. The van der Waals surface area contributed by atoms with Crippen LogP contribution in [0.2, 0.25) is 0 Å². The lowest BCUT2D eigenvalue weighted by molar-refractivity contribution is -0.129. The summed E-state index contributed by atoms with van der Waals surface area (Å²) in [7, 11) is 0. The molecule has 3 aromatic rings. The zero-order valence-electron chi connectivity index (χ0n) is 15.2. The zero-order chi connectivity index (χ0) is 18.9. The molecule has 0 atom stereocenters. The molecule has 0 aliphatic rings. The summed E-state index contributed by atoms with van der Waals surface area (Å²) in [5, 5.41) is 8.48. The highest BCUT2D eigenvalue weighted by atomic mass is 16.5. The SMILES string of the molecule is O=C(CCCCCCc1nc(-c2ccccc2)c(-c2ccccc2)o1)NO. The molecule has 0 saturated heterocycles. The topological polar surface area (TPSA) is 75.4 Å². The van der Waals surface area contributed by atoms with Crippen LogP contribution in [0.1, 0.15) is 38.0 Å². The van der Waals surface area contributed by atoms with Crippen LogP contribution in [-0.2, 0) is 11.2 Å². The fourth-order valence-electron chi connectivity index (χ4n) is 3.02. The number of benzene rings is 2. The van der Waals surface area contributed by atoms with Gasteiger partial charge in [0, 0.05) is 24.0 Å². The van der Waals surface area contributed by atoms with E-state index in [1.807, 2.05) is 60.7 Å². The number of carbonyl (C=O) groups excluding carboxylic acids is 1. The number of amides is 1. The highest BCUT2D eigenvalue weighted by Gasteiger charge is 2.16. The second-order valence-corrected chi connectivity index (χ2v) is 6.47. The molecule has 1 aromatic heterocycles. The molecule has 2 N–H and O–H groups in total. The molecule has 0 unspecified atom stereocenters. The summed E-state index contributed by atoms with van der Waals surface area (Å²) >= 11 is 0. The van der Waals surface area contributed by atoms with E-state index in [0.29, 0.717) is 6.42 Å². The van der Waals surface area contributed by atoms with Crippen molar-refractivity contribution in [3.8, 4) is 22.6 Å². The van der Waals surface area contributed by atoms with Gasteiger partial charge in [0.05, 0.1) is 0 Å². The van der Waals surface area contributed by atoms with Gasteiger partial charge >= 0.3 is 0 Å². The standard InChI is InChI=1S/C22H24N2O3/c25-19(24-26)15-9-1-2-10-16-20-23-21(17-11-5-3-6-12-17)22(27-20)18-13-7-4-8-14-18/h3-8,11-14,26H,1-2,9-10,15-16H2,(H,24,25). The molecule has 0 bridgehead atoms. The predicted molar refractivity (Wildman–Crippen MR) is 104 cm³/mol. The molecule has 140 valence electrons. The van der Waals surface area contributed by atoms with Gasteiger partial charge in [-0.2, -0.15) is 0 Å². The summed E-state index contributed by atoms with van der Waals surface area (Å²) in [5.74, 6) is 1.21. The average molecular weight is 364 g/mol. The van der Waals surface area contributed by atoms with Gasteiger partial charge in [-0.05, 0) is 12.8 Å². The molecule has 0 saturated carbocycles. The molecule has 0 aliphatic carbocycles. The van der Waals surface area contributed by atoms with Crippen molar-refractivity contribution >= 4 is 5.91 Å². The van der Waals surface area contributed by atoms with Gasteiger partial charge in [0.25, 0.3) is 0 Å². The first-order chi connectivity index (χ1) is 13.3. The van der Waals surface area contributed by atoms with Crippen LogP contribution in [0, 0.1) is 0 Å². The highest BCUT2D eigenvalue weighted by molar-refractivity contribution is 5.76. The van der Waals surface area contributed by atoms with E-state index in [9.17, 15) is 4.79 Å². The van der Waals surface area contributed by atoms with Crippen molar-refractivity contribution in [1.82, 2.24) is 10.5 Å². The van der Waals surface area contributed by atoms with Crippen LogP contribution in [0.5, 0.6) is 0 Å². The smallest absolute Gasteiger partial charge is 0.243 e. The van der Waals surface area contributed by atoms with Crippen molar-refractivity contribution in [3.05, 3.63) is 66.6 Å². The number of carbonyl (C=O) groups is 1. The molecule has 0 fully saturated rings. The number of hydrogen-bond acceptors (Lipinski definition) is 4. The number of nitrogens with one attached hydrogen (secondary N) is 1. The summed E-state index contributed by atoms with van der Waals surface area (Å²) in [6.45, 7) is 0. The molecule has 1 heterocycles. The van der Waals surface area contributed by atoms with Crippen molar-refractivity contribution in [1.29, 1.82) is 0 Å². The molecule has 2 aromatic carbocycles. The quantitative estimate of drug-likeness (QED) is 0.318. The first-order valence-corrected chi connectivity index (χ1v) is 9.31. The number of hydroxylamine groups is 1. The lowest BCUT2D eigenvalue weighted by Crippen LogP contribution is -2.17. The minimum atomic E-state index is -0.331. The van der Waals surface area contributed by atoms with Gasteiger partial charge < -0.3 is 4.42 Å². The van der Waals surface area contributed by atoms with Gasteiger partial charge in [0.2, 0.25) is 5.91 Å². The third kappa shape index (κ3) is 5.28. The Morgan fingerprint density at radius 1 is 0.889 bits per heavy atom. The van der Waals surface area contributed by atoms with Crippen LogP contribution < -0.4 is 5.48 Å². The first-order valence-electron chi connectivity index (χ1n) is 9.31. The number of rotatable bonds is 9. The largest absolute Gasteiger partial charge is 0.440 e. The number of unbranched alkanes of at least 4 members (excludes halogenated alkanes) is 3. The average Bonchev–Trinajstić information content (AvgIpc) is 3.16. The van der Waals surface area contributed by atoms with Crippen molar-refractivity contribution in [2.45, 2.75) is 38.5 Å². The minimum absolute atomic E-state index is 0.331. The van der Waals surface area contributed by atoms with Crippen molar-refractivity contribution < 1.29 is 14.4 Å². The molecule has 5 nitrogen and oxygen atoms in total. The molecule has 0 spiro atoms. The lowest BCUT2D eigenvalue weighted by Gasteiger charge is -2.01. The summed E-state index contributed by atoms with van der Waals surface area (Å²) in [4.78, 5) is 15.7. The number of aromatic nitrogens is 1. The Balaban J connectivity index is 1.66. The van der Waals surface area contributed by atoms with Gasteiger partial charge in [-0.1, -0.05) is 73.5 Å². The molecule has 1 amide bonds. The van der Waals surface area contributed by atoms with Gasteiger partial charge in [-0.25, -0.2) is 10.5 Å². The van der Waals surface area contributed by atoms with Crippen LogP contribution in [-0.4, -0.2) is 16.1 Å². The van der Waals surface area contributed by atoms with Gasteiger partial charge in [0.15, 0.2) is 11.7 Å². The maximum atomic E-state index is 11.0. The number of oxazole rings is 1. The van der Waals surface area contributed by atoms with Gasteiger partial charge in [-0.3, -0.25) is 10.0 Å². The summed E-state index contributed by atoms with van der Waals surface area (Å²) in [5.41, 5.74) is 4.59. The van der Waals surface area contributed by atoms with Crippen molar-refractivity contribution in [2.24, 2.45) is 0 Å². The zero-order valence-corrected chi connectivity index (χ0v) is 15.2. The monoisotopic (exact) mass is 364 g/mol. The van der Waals surface area contributed by atoms with Crippen LogP contribution >= 0.6 is 0 Å². The fraction of sp³-hybridized carbons (Fsp3) is 0.273. The summed E-state index contributed by atoms with van der Waals surface area (Å²) in [6.07, 6.45) is 4.75. The first kappa shape index (κ1) is 18.9. The molecular formula is C22H24N2O3. The summed E-state index contributed by atoms with van der Waals surface area (Å²) < 4.78 is 6.11. The van der Waals surface area contributed by atoms with E-state index in [4.69, 9.17) is 14.6 Å². The predicted octanol–water partition coefficient (Wildman–Crippen LogP) is 5.01. The Morgan fingerprint density at radius 2 is 1.52 bits per heavy atom. The second kappa shape index (κ2) is 9.69. The Hall–Kier alpha value is -2.92. The fourth-order valence-corrected chi connectivity index (χ4v) is 3.02. The van der Waals surface area contributed by atoms with Crippen LogP contribution in [0.4, 0.5) is 0 Å². The number of aryl methyl sites for hydroxylation is 1. The second-order valence-electron chi connectivity index (χ2n) is 6.47. The minimum Gasteiger partial charge on any atom is -0.440 e. The molecule has 3 rings (SSSR count). The van der Waals surface area contributed by atoms with Crippen molar-refractivity contribution in [2.75, 3.05) is 0 Å². The van der Waals surface area contributed by atoms with E-state index in [-0.39, 0.29) is 5.91 Å². The van der Waals surface area contributed by atoms with E-state index in [0.717, 1.165) is 60.6 Å². The number of nitrogens with zero attached hydrogens (tertiary/aromatic N) is 1. The Labute approximate surface area is 159 Å². The number of hydrogen-bond donors (Lipinski definition) is 2. The molecule has 27 heavy (non-hydrogen) atoms. The Kier molecular flexibility index (Phi) is 6.77. The molecule has 0 radical (unpaired) electrons. The van der Waals surface area contributed by atoms with Crippen LogP contribution in [0.15, 0.2) is 65.1 Å². The maximum Gasteiger partial charge on any atom is 0.243 e. The Bertz CT molecular complexity index is 788. The van der Waals surface area contributed by atoms with Crippen molar-refractivity contribution in [3.63, 3.8) is 0 Å². The highest BCUT2D eigenvalue weighted by Crippen LogP contribution is 2.32. The molecule has 5 heteroatoms.